The Morgan fingerprint density at radius 1 is 1.40 bits per heavy atom. The van der Waals surface area contributed by atoms with Crippen molar-refractivity contribution in [1.29, 1.82) is 0 Å². The second-order valence-electron chi connectivity index (χ2n) is 5.37. The Bertz CT molecular complexity index is 501. The molecule has 0 bridgehead atoms. The Morgan fingerprint density at radius 2 is 2.05 bits per heavy atom. The summed E-state index contributed by atoms with van der Waals surface area (Å²) in [7, 11) is 0. The third-order valence-corrected chi connectivity index (χ3v) is 4.54. The van der Waals surface area contributed by atoms with Gasteiger partial charge in [-0.05, 0) is 54.6 Å². The van der Waals surface area contributed by atoms with Crippen LogP contribution in [0, 0.1) is 9.39 Å². The smallest absolute Gasteiger partial charge is 0.244 e. The molecule has 0 unspecified atom stereocenters. The molecule has 1 aromatic rings. The van der Waals surface area contributed by atoms with Gasteiger partial charge in [-0.15, -0.1) is 0 Å². The summed E-state index contributed by atoms with van der Waals surface area (Å²) in [6.45, 7) is 7.32. The number of hydrogen-bond donors (Lipinski definition) is 2. The first-order valence-corrected chi connectivity index (χ1v) is 7.71. The largest absolute Gasteiger partial charge is 0.324 e. The summed E-state index contributed by atoms with van der Waals surface area (Å²) in [6, 6.07) is 4.37. The molecular weight excluding hydrogens is 372 g/mol. The summed E-state index contributed by atoms with van der Waals surface area (Å²) in [5, 5.41) is 6.17. The fraction of sp³-hybridized carbons (Fsp3) is 0.500. The van der Waals surface area contributed by atoms with E-state index >= 15 is 0 Å². The average Bonchev–Trinajstić information content (AvgIpc) is 2.42. The van der Waals surface area contributed by atoms with Crippen LogP contribution in [0.2, 0.25) is 0 Å². The zero-order chi connectivity index (χ0) is 14.8. The van der Waals surface area contributed by atoms with Crippen LogP contribution < -0.4 is 10.6 Å². The summed E-state index contributed by atoms with van der Waals surface area (Å²) >= 11 is 2.02. The minimum atomic E-state index is -0.584. The quantitative estimate of drug-likeness (QED) is 0.776. The minimum Gasteiger partial charge on any atom is -0.324 e. The van der Waals surface area contributed by atoms with E-state index in [9.17, 15) is 9.18 Å². The Morgan fingerprint density at radius 3 is 2.65 bits per heavy atom. The summed E-state index contributed by atoms with van der Waals surface area (Å²) in [4.78, 5) is 14.7. The second kappa shape index (κ2) is 6.36. The lowest BCUT2D eigenvalue weighted by Crippen LogP contribution is -2.58. The van der Waals surface area contributed by atoms with E-state index in [2.05, 4.69) is 15.5 Å². The molecule has 0 spiro atoms. The molecule has 6 heteroatoms. The van der Waals surface area contributed by atoms with Crippen LogP contribution in [0.15, 0.2) is 18.2 Å². The van der Waals surface area contributed by atoms with E-state index in [1.807, 2.05) is 36.4 Å². The average molecular weight is 391 g/mol. The zero-order valence-corrected chi connectivity index (χ0v) is 13.8. The van der Waals surface area contributed by atoms with Crippen LogP contribution in [0.5, 0.6) is 0 Å². The third-order valence-electron chi connectivity index (χ3n) is 3.64. The summed E-state index contributed by atoms with van der Waals surface area (Å²) in [6.07, 6.45) is 0. The van der Waals surface area contributed by atoms with E-state index in [0.717, 1.165) is 26.2 Å². The van der Waals surface area contributed by atoms with Gasteiger partial charge in [-0.25, -0.2) is 4.39 Å². The Kier molecular flexibility index (Phi) is 4.98. The Labute approximate surface area is 132 Å². The van der Waals surface area contributed by atoms with E-state index in [0.29, 0.717) is 9.26 Å². The third kappa shape index (κ3) is 3.48. The van der Waals surface area contributed by atoms with Crippen LogP contribution in [0.3, 0.4) is 0 Å². The molecule has 1 aliphatic rings. The normalized spacial score (nSPS) is 17.0. The van der Waals surface area contributed by atoms with Crippen molar-refractivity contribution in [1.82, 2.24) is 10.2 Å². The van der Waals surface area contributed by atoms with E-state index in [-0.39, 0.29) is 11.7 Å². The molecule has 2 N–H and O–H groups in total. The molecule has 1 aliphatic heterocycles. The van der Waals surface area contributed by atoms with Crippen molar-refractivity contribution in [2.45, 2.75) is 19.4 Å². The first kappa shape index (κ1) is 15.7. The van der Waals surface area contributed by atoms with Gasteiger partial charge in [-0.2, -0.15) is 0 Å². The number of benzene rings is 1. The van der Waals surface area contributed by atoms with Crippen LogP contribution in [0.1, 0.15) is 13.8 Å². The standard InChI is InChI=1S/C14H19FIN3O/c1-14(2,19-7-5-17-6-8-19)13(20)18-12-4-3-10(15)9-11(12)16/h3-4,9,17H,5-8H2,1-2H3,(H,18,20). The summed E-state index contributed by atoms with van der Waals surface area (Å²) < 4.78 is 13.8. The number of anilines is 1. The van der Waals surface area contributed by atoms with Crippen molar-refractivity contribution in [3.8, 4) is 0 Å². The number of nitrogens with one attached hydrogen (secondary N) is 2. The number of rotatable bonds is 3. The molecular formula is C14H19FIN3O. The van der Waals surface area contributed by atoms with Crippen molar-refractivity contribution in [3.05, 3.63) is 27.6 Å². The maximum absolute atomic E-state index is 13.1. The van der Waals surface area contributed by atoms with E-state index in [4.69, 9.17) is 0 Å². The molecule has 110 valence electrons. The molecule has 2 rings (SSSR count). The van der Waals surface area contributed by atoms with Crippen LogP contribution in [-0.4, -0.2) is 42.5 Å². The molecule has 1 saturated heterocycles. The highest BCUT2D eigenvalue weighted by atomic mass is 127. The predicted octanol–water partition coefficient (Wildman–Crippen LogP) is 2.05. The SMILES string of the molecule is CC(C)(C(=O)Nc1ccc(F)cc1I)N1CCNCC1. The summed E-state index contributed by atoms with van der Waals surface area (Å²) in [5.74, 6) is -0.363. The zero-order valence-electron chi connectivity index (χ0n) is 11.7. The van der Waals surface area contributed by atoms with Gasteiger partial charge in [0, 0.05) is 29.7 Å². The molecule has 0 aromatic heterocycles. The van der Waals surface area contributed by atoms with Gasteiger partial charge in [-0.1, -0.05) is 0 Å². The van der Waals surface area contributed by atoms with Crippen molar-refractivity contribution in [3.63, 3.8) is 0 Å². The van der Waals surface area contributed by atoms with Crippen LogP contribution in [-0.2, 0) is 4.79 Å². The molecule has 20 heavy (non-hydrogen) atoms. The number of carbonyl (C=O) groups excluding carboxylic acids is 1. The first-order chi connectivity index (χ1) is 9.41. The van der Waals surface area contributed by atoms with Gasteiger partial charge in [0.2, 0.25) is 5.91 Å². The van der Waals surface area contributed by atoms with Gasteiger partial charge in [0.05, 0.1) is 11.2 Å². The highest BCUT2D eigenvalue weighted by Gasteiger charge is 2.35. The molecule has 0 radical (unpaired) electrons. The number of piperazine rings is 1. The maximum Gasteiger partial charge on any atom is 0.244 e. The lowest BCUT2D eigenvalue weighted by Gasteiger charge is -2.39. The molecule has 1 amide bonds. The molecule has 4 nitrogen and oxygen atoms in total. The number of amides is 1. The lowest BCUT2D eigenvalue weighted by atomic mass is 10.0. The summed E-state index contributed by atoms with van der Waals surface area (Å²) in [5.41, 5.74) is 0.0692. The lowest BCUT2D eigenvalue weighted by molar-refractivity contribution is -0.126. The second-order valence-corrected chi connectivity index (χ2v) is 6.54. The van der Waals surface area contributed by atoms with Crippen LogP contribution in [0.4, 0.5) is 10.1 Å². The first-order valence-electron chi connectivity index (χ1n) is 6.63. The Balaban J connectivity index is 2.09. The minimum absolute atomic E-state index is 0.0658. The highest BCUT2D eigenvalue weighted by molar-refractivity contribution is 14.1. The number of halogens is 2. The highest BCUT2D eigenvalue weighted by Crippen LogP contribution is 2.22. The van der Waals surface area contributed by atoms with Crippen molar-refractivity contribution < 1.29 is 9.18 Å². The fourth-order valence-corrected chi connectivity index (χ4v) is 2.85. The van der Waals surface area contributed by atoms with E-state index in [1.165, 1.54) is 12.1 Å². The molecule has 1 aromatic carbocycles. The fourth-order valence-electron chi connectivity index (χ4n) is 2.23. The predicted molar refractivity (Wildman–Crippen MR) is 86.3 cm³/mol. The Hall–Kier alpha value is -0.730. The van der Waals surface area contributed by atoms with Crippen molar-refractivity contribution in [2.24, 2.45) is 0 Å². The van der Waals surface area contributed by atoms with Gasteiger partial charge in [-0.3, -0.25) is 9.69 Å². The van der Waals surface area contributed by atoms with E-state index in [1.54, 1.807) is 6.07 Å². The van der Waals surface area contributed by atoms with Gasteiger partial charge in [0.15, 0.2) is 0 Å². The molecule has 1 heterocycles. The molecule has 0 saturated carbocycles. The van der Waals surface area contributed by atoms with Crippen molar-refractivity contribution in [2.75, 3.05) is 31.5 Å². The molecule has 0 atom stereocenters. The monoisotopic (exact) mass is 391 g/mol. The number of nitrogens with zero attached hydrogens (tertiary/aromatic N) is 1. The topological polar surface area (TPSA) is 44.4 Å². The molecule has 0 aliphatic carbocycles. The van der Waals surface area contributed by atoms with E-state index < -0.39 is 5.54 Å². The van der Waals surface area contributed by atoms with Crippen molar-refractivity contribution >= 4 is 34.2 Å². The van der Waals surface area contributed by atoms with Gasteiger partial charge in [0.1, 0.15) is 5.82 Å². The number of carbonyl (C=O) groups is 1. The maximum atomic E-state index is 13.1. The van der Waals surface area contributed by atoms with Gasteiger partial charge in [0.25, 0.3) is 0 Å². The van der Waals surface area contributed by atoms with Gasteiger partial charge >= 0.3 is 0 Å². The van der Waals surface area contributed by atoms with Gasteiger partial charge < -0.3 is 10.6 Å². The van der Waals surface area contributed by atoms with Crippen LogP contribution >= 0.6 is 22.6 Å². The molecule has 1 fully saturated rings. The number of hydrogen-bond acceptors (Lipinski definition) is 3. The van der Waals surface area contributed by atoms with Crippen LogP contribution in [0.25, 0.3) is 0 Å².